The second-order valence-electron chi connectivity index (χ2n) is 6.50. The van der Waals surface area contributed by atoms with E-state index in [1.165, 1.54) is 5.56 Å². The number of nitrogens with one attached hydrogen (secondary N) is 1. The van der Waals surface area contributed by atoms with Gasteiger partial charge in [-0.05, 0) is 19.8 Å². The zero-order valence-electron chi connectivity index (χ0n) is 13.9. The normalized spacial score (nSPS) is 22.7. The van der Waals surface area contributed by atoms with Gasteiger partial charge in [-0.3, -0.25) is 14.4 Å². The van der Waals surface area contributed by atoms with Crippen LogP contribution in [0.25, 0.3) is 0 Å². The SMILES string of the molecule is Cc1nn(CCO)cc1CN1CCNC(C(=O)N2CCCC2)C1. The first-order valence-electron chi connectivity index (χ1n) is 8.55. The molecular formula is C16H27N5O2. The van der Waals surface area contributed by atoms with Gasteiger partial charge in [0.25, 0.3) is 0 Å². The van der Waals surface area contributed by atoms with Crippen LogP contribution in [0, 0.1) is 6.92 Å². The minimum Gasteiger partial charge on any atom is -0.394 e. The lowest BCUT2D eigenvalue weighted by molar-refractivity contribution is -0.133. The minimum atomic E-state index is -0.0883. The third kappa shape index (κ3) is 3.91. The van der Waals surface area contributed by atoms with Crippen molar-refractivity contribution in [3.8, 4) is 0 Å². The monoisotopic (exact) mass is 321 g/mol. The smallest absolute Gasteiger partial charge is 0.241 e. The van der Waals surface area contributed by atoms with Gasteiger partial charge in [-0.15, -0.1) is 0 Å². The molecule has 0 aromatic carbocycles. The molecule has 1 aromatic rings. The summed E-state index contributed by atoms with van der Waals surface area (Å²) < 4.78 is 1.79. The van der Waals surface area contributed by atoms with Crippen molar-refractivity contribution in [1.29, 1.82) is 0 Å². The molecule has 1 aromatic heterocycles. The lowest BCUT2D eigenvalue weighted by Crippen LogP contribution is -2.57. The molecule has 1 amide bonds. The van der Waals surface area contributed by atoms with Gasteiger partial charge in [0.05, 0.1) is 24.9 Å². The van der Waals surface area contributed by atoms with Crippen LogP contribution in [0.4, 0.5) is 0 Å². The molecule has 7 nitrogen and oxygen atoms in total. The van der Waals surface area contributed by atoms with Crippen LogP contribution in [-0.4, -0.2) is 76.0 Å². The van der Waals surface area contributed by atoms with E-state index < -0.39 is 0 Å². The molecule has 0 bridgehead atoms. The van der Waals surface area contributed by atoms with Crippen molar-refractivity contribution in [3.05, 3.63) is 17.5 Å². The van der Waals surface area contributed by atoms with Gasteiger partial charge in [-0.25, -0.2) is 0 Å². The van der Waals surface area contributed by atoms with Crippen molar-refractivity contribution < 1.29 is 9.90 Å². The highest BCUT2D eigenvalue weighted by atomic mass is 16.3. The maximum atomic E-state index is 12.5. The summed E-state index contributed by atoms with van der Waals surface area (Å²) in [5.74, 6) is 0.250. The molecule has 23 heavy (non-hydrogen) atoms. The predicted octanol–water partition coefficient (Wildman–Crippen LogP) is -0.420. The largest absolute Gasteiger partial charge is 0.394 e. The number of aliphatic hydroxyl groups is 1. The van der Waals surface area contributed by atoms with Crippen molar-refractivity contribution in [2.24, 2.45) is 0 Å². The zero-order valence-corrected chi connectivity index (χ0v) is 13.9. The maximum absolute atomic E-state index is 12.5. The summed E-state index contributed by atoms with van der Waals surface area (Å²) in [5.41, 5.74) is 2.17. The number of rotatable bonds is 5. The number of aromatic nitrogens is 2. The van der Waals surface area contributed by atoms with E-state index in [4.69, 9.17) is 5.11 Å². The van der Waals surface area contributed by atoms with Gasteiger partial charge in [0.15, 0.2) is 0 Å². The van der Waals surface area contributed by atoms with Crippen LogP contribution < -0.4 is 5.32 Å². The fourth-order valence-electron chi connectivity index (χ4n) is 3.45. The molecule has 3 rings (SSSR count). The highest BCUT2D eigenvalue weighted by Gasteiger charge is 2.30. The van der Waals surface area contributed by atoms with Gasteiger partial charge in [0, 0.05) is 51.0 Å². The number of likely N-dealkylation sites (tertiary alicyclic amines) is 1. The fraction of sp³-hybridized carbons (Fsp3) is 0.750. The lowest BCUT2D eigenvalue weighted by atomic mass is 10.1. The molecule has 128 valence electrons. The molecule has 7 heteroatoms. The Kier molecular flexibility index (Phi) is 5.30. The van der Waals surface area contributed by atoms with E-state index in [0.29, 0.717) is 6.54 Å². The number of amides is 1. The summed E-state index contributed by atoms with van der Waals surface area (Å²) in [6.45, 7) is 7.77. The Morgan fingerprint density at radius 1 is 1.39 bits per heavy atom. The van der Waals surface area contributed by atoms with E-state index in [0.717, 1.165) is 57.8 Å². The molecule has 0 spiro atoms. The highest BCUT2D eigenvalue weighted by molar-refractivity contribution is 5.82. The van der Waals surface area contributed by atoms with E-state index in [1.807, 2.05) is 18.0 Å². The molecule has 2 saturated heterocycles. The highest BCUT2D eigenvalue weighted by Crippen LogP contribution is 2.14. The quantitative estimate of drug-likeness (QED) is 0.771. The number of hydrogen-bond donors (Lipinski definition) is 2. The van der Waals surface area contributed by atoms with Crippen LogP contribution in [0.2, 0.25) is 0 Å². The number of aliphatic hydroxyl groups excluding tert-OH is 1. The molecule has 3 heterocycles. The van der Waals surface area contributed by atoms with Crippen molar-refractivity contribution >= 4 is 5.91 Å². The van der Waals surface area contributed by atoms with Crippen molar-refractivity contribution in [2.75, 3.05) is 39.3 Å². The Bertz CT molecular complexity index is 539. The third-order valence-electron chi connectivity index (χ3n) is 4.75. The summed E-state index contributed by atoms with van der Waals surface area (Å²) in [5, 5.41) is 16.8. The first-order valence-corrected chi connectivity index (χ1v) is 8.55. The second kappa shape index (κ2) is 7.42. The zero-order chi connectivity index (χ0) is 16.2. The molecule has 2 N–H and O–H groups in total. The average molecular weight is 321 g/mol. The molecule has 2 aliphatic heterocycles. The van der Waals surface area contributed by atoms with Gasteiger partial charge < -0.3 is 15.3 Å². The second-order valence-corrected chi connectivity index (χ2v) is 6.50. The topological polar surface area (TPSA) is 73.6 Å². The van der Waals surface area contributed by atoms with E-state index in [1.54, 1.807) is 4.68 Å². The molecule has 0 saturated carbocycles. The molecular weight excluding hydrogens is 294 g/mol. The predicted molar refractivity (Wildman–Crippen MR) is 86.9 cm³/mol. The van der Waals surface area contributed by atoms with Crippen LogP contribution >= 0.6 is 0 Å². The van der Waals surface area contributed by atoms with Gasteiger partial charge in [-0.1, -0.05) is 0 Å². The number of piperazine rings is 1. The first-order chi connectivity index (χ1) is 11.2. The molecule has 0 radical (unpaired) electrons. The summed E-state index contributed by atoms with van der Waals surface area (Å²) in [6.07, 6.45) is 4.27. The van der Waals surface area contributed by atoms with Crippen molar-refractivity contribution in [1.82, 2.24) is 24.9 Å². The number of carbonyl (C=O) groups excluding carboxylic acids is 1. The van der Waals surface area contributed by atoms with E-state index in [-0.39, 0.29) is 18.6 Å². The Morgan fingerprint density at radius 3 is 2.91 bits per heavy atom. The van der Waals surface area contributed by atoms with Crippen LogP contribution in [0.15, 0.2) is 6.20 Å². The first kappa shape index (κ1) is 16.4. The van der Waals surface area contributed by atoms with Gasteiger partial charge in [0.1, 0.15) is 0 Å². The van der Waals surface area contributed by atoms with Crippen LogP contribution in [0.1, 0.15) is 24.1 Å². The molecule has 2 fully saturated rings. The lowest BCUT2D eigenvalue weighted by Gasteiger charge is -2.34. The number of carbonyl (C=O) groups is 1. The van der Waals surface area contributed by atoms with Crippen LogP contribution in [0.3, 0.4) is 0 Å². The van der Waals surface area contributed by atoms with E-state index in [2.05, 4.69) is 15.3 Å². The number of nitrogens with zero attached hydrogens (tertiary/aromatic N) is 4. The summed E-state index contributed by atoms with van der Waals surface area (Å²) in [6, 6.07) is -0.0883. The molecule has 1 atom stereocenters. The van der Waals surface area contributed by atoms with E-state index >= 15 is 0 Å². The summed E-state index contributed by atoms with van der Waals surface area (Å²) in [7, 11) is 0. The Balaban J connectivity index is 1.59. The Labute approximate surface area is 137 Å². The van der Waals surface area contributed by atoms with Gasteiger partial charge in [-0.2, -0.15) is 5.10 Å². The van der Waals surface area contributed by atoms with Crippen LogP contribution in [0.5, 0.6) is 0 Å². The van der Waals surface area contributed by atoms with Gasteiger partial charge >= 0.3 is 0 Å². The van der Waals surface area contributed by atoms with Crippen LogP contribution in [-0.2, 0) is 17.9 Å². The van der Waals surface area contributed by atoms with Crippen molar-refractivity contribution in [2.45, 2.75) is 38.9 Å². The fourth-order valence-corrected chi connectivity index (χ4v) is 3.45. The standard InChI is InChI=1S/C16H27N5O2/c1-13-14(11-21(18-13)8-9-22)10-19-7-4-17-15(12-19)16(23)20-5-2-3-6-20/h11,15,17,22H,2-10,12H2,1H3. The maximum Gasteiger partial charge on any atom is 0.241 e. The summed E-state index contributed by atoms with van der Waals surface area (Å²) in [4.78, 5) is 16.9. The molecule has 1 unspecified atom stereocenters. The third-order valence-corrected chi connectivity index (χ3v) is 4.75. The Morgan fingerprint density at radius 2 is 2.17 bits per heavy atom. The molecule has 2 aliphatic rings. The number of aryl methyl sites for hydroxylation is 1. The minimum absolute atomic E-state index is 0.0883. The van der Waals surface area contributed by atoms with E-state index in [9.17, 15) is 4.79 Å². The molecule has 0 aliphatic carbocycles. The summed E-state index contributed by atoms with van der Waals surface area (Å²) >= 11 is 0. The van der Waals surface area contributed by atoms with Gasteiger partial charge in [0.2, 0.25) is 5.91 Å². The Hall–Kier alpha value is -1.44. The van der Waals surface area contributed by atoms with Crippen molar-refractivity contribution in [3.63, 3.8) is 0 Å². The number of hydrogen-bond acceptors (Lipinski definition) is 5. The average Bonchev–Trinajstić information content (AvgIpc) is 3.18.